The summed E-state index contributed by atoms with van der Waals surface area (Å²) in [6, 6.07) is 12.3. The van der Waals surface area contributed by atoms with Gasteiger partial charge in [-0.05, 0) is 61.4 Å². The van der Waals surface area contributed by atoms with Crippen LogP contribution in [0.25, 0.3) is 11.0 Å². The normalized spacial score (nSPS) is 13.3. The Morgan fingerprint density at radius 1 is 0.943 bits per heavy atom. The third kappa shape index (κ3) is 4.57. The first-order chi connectivity index (χ1) is 16.9. The van der Waals surface area contributed by atoms with E-state index in [9.17, 15) is 14.0 Å². The van der Waals surface area contributed by atoms with Crippen molar-refractivity contribution in [2.45, 2.75) is 12.8 Å². The molecule has 0 saturated carbocycles. The average molecular weight is 493 g/mol. The molecule has 0 bridgehead atoms. The van der Waals surface area contributed by atoms with E-state index >= 15 is 4.39 Å². The van der Waals surface area contributed by atoms with Crippen LogP contribution in [0.1, 0.15) is 39.1 Å². The van der Waals surface area contributed by atoms with E-state index in [1.54, 1.807) is 18.3 Å². The van der Waals surface area contributed by atoms with Gasteiger partial charge in [-0.15, -0.1) is 0 Å². The summed E-state index contributed by atoms with van der Waals surface area (Å²) < 4.78 is 28.8. The number of carbonyl (C=O) groups excluding carboxylic acids is 2. The Morgan fingerprint density at radius 3 is 2.51 bits per heavy atom. The van der Waals surface area contributed by atoms with E-state index in [4.69, 9.17) is 11.6 Å². The number of hydrogen-bond donors (Lipinski definition) is 1. The number of rotatable bonds is 5. The molecular weight excluding hydrogens is 474 g/mol. The topological polar surface area (TPSA) is 75.2 Å². The second kappa shape index (κ2) is 9.38. The van der Waals surface area contributed by atoms with Gasteiger partial charge in [0.25, 0.3) is 5.91 Å². The smallest absolute Gasteiger partial charge is 0.255 e. The highest BCUT2D eigenvalue weighted by Crippen LogP contribution is 2.29. The number of ketones is 1. The minimum atomic E-state index is -0.982. The number of anilines is 2. The van der Waals surface area contributed by atoms with E-state index < -0.39 is 23.3 Å². The molecule has 5 rings (SSSR count). The molecule has 9 heteroatoms. The van der Waals surface area contributed by atoms with Gasteiger partial charge in [0.15, 0.2) is 11.6 Å². The highest BCUT2D eigenvalue weighted by Gasteiger charge is 2.23. The number of aromatic nitrogens is 2. The summed E-state index contributed by atoms with van der Waals surface area (Å²) in [6.07, 6.45) is 3.88. The highest BCUT2D eigenvalue weighted by molar-refractivity contribution is 6.35. The van der Waals surface area contributed by atoms with E-state index in [1.807, 2.05) is 0 Å². The first-order valence-corrected chi connectivity index (χ1v) is 11.4. The minimum Gasteiger partial charge on any atom is -0.355 e. The van der Waals surface area contributed by atoms with Crippen molar-refractivity contribution >= 4 is 45.8 Å². The predicted molar refractivity (Wildman–Crippen MR) is 130 cm³/mol. The monoisotopic (exact) mass is 492 g/mol. The molecular formula is C26H19ClF2N4O2. The van der Waals surface area contributed by atoms with Crippen molar-refractivity contribution in [3.8, 4) is 0 Å². The van der Waals surface area contributed by atoms with Gasteiger partial charge in [0.2, 0.25) is 0 Å². The summed E-state index contributed by atoms with van der Waals surface area (Å²) in [4.78, 5) is 36.9. The summed E-state index contributed by atoms with van der Waals surface area (Å²) >= 11 is 6.19. The third-order valence-corrected chi connectivity index (χ3v) is 6.19. The molecule has 0 spiro atoms. The molecule has 1 saturated heterocycles. The number of benzene rings is 3. The molecule has 176 valence electrons. The first-order valence-electron chi connectivity index (χ1n) is 11.0. The van der Waals surface area contributed by atoms with Crippen LogP contribution in [0.2, 0.25) is 5.02 Å². The number of carbonyl (C=O) groups is 2. The lowest BCUT2D eigenvalue weighted by atomic mass is 10.0. The standard InChI is InChI=1S/C26H19ClF2N4O2/c27-18-7-9-20(32-26(35)16-4-3-5-17(28)12-16)24(29)23(18)25(34)15-6-8-19-21(13-15)31-22(14-30-19)33-10-1-2-11-33/h3-9,12-14H,1-2,10-11H2,(H,32,35). The molecule has 4 aromatic rings. The van der Waals surface area contributed by atoms with Gasteiger partial charge < -0.3 is 10.2 Å². The van der Waals surface area contributed by atoms with Crippen molar-refractivity contribution < 1.29 is 18.4 Å². The molecule has 2 heterocycles. The molecule has 0 radical (unpaired) electrons. The van der Waals surface area contributed by atoms with Gasteiger partial charge in [-0.3, -0.25) is 14.6 Å². The van der Waals surface area contributed by atoms with E-state index in [0.717, 1.165) is 37.8 Å². The summed E-state index contributed by atoms with van der Waals surface area (Å²) in [5, 5.41) is 2.27. The second-order valence-electron chi connectivity index (χ2n) is 8.20. The Balaban J connectivity index is 1.47. The fraction of sp³-hybridized carbons (Fsp3) is 0.154. The van der Waals surface area contributed by atoms with E-state index in [1.165, 1.54) is 36.4 Å². The molecule has 1 amide bonds. The molecule has 6 nitrogen and oxygen atoms in total. The lowest BCUT2D eigenvalue weighted by molar-refractivity contribution is 0.101. The molecule has 1 fully saturated rings. The van der Waals surface area contributed by atoms with Crippen LogP contribution in [0.3, 0.4) is 0 Å². The number of halogens is 3. The Hall–Kier alpha value is -3.91. The third-order valence-electron chi connectivity index (χ3n) is 5.87. The molecule has 1 N–H and O–H groups in total. The lowest BCUT2D eigenvalue weighted by Crippen LogP contribution is -2.19. The number of fused-ring (bicyclic) bond motifs is 1. The zero-order valence-electron chi connectivity index (χ0n) is 18.4. The van der Waals surface area contributed by atoms with Gasteiger partial charge in [-0.2, -0.15) is 0 Å². The van der Waals surface area contributed by atoms with Gasteiger partial charge >= 0.3 is 0 Å². The first kappa shape index (κ1) is 22.9. The zero-order valence-corrected chi connectivity index (χ0v) is 19.1. The molecule has 0 atom stereocenters. The average Bonchev–Trinajstić information content (AvgIpc) is 3.40. The van der Waals surface area contributed by atoms with E-state index in [0.29, 0.717) is 11.0 Å². The minimum absolute atomic E-state index is 0.00846. The number of amides is 1. The van der Waals surface area contributed by atoms with E-state index in [-0.39, 0.29) is 27.4 Å². The maximum atomic E-state index is 15.4. The van der Waals surface area contributed by atoms with Gasteiger partial charge in [0, 0.05) is 24.2 Å². The van der Waals surface area contributed by atoms with Crippen LogP contribution in [0.15, 0.2) is 60.8 Å². The van der Waals surface area contributed by atoms with Crippen molar-refractivity contribution in [3.63, 3.8) is 0 Å². The van der Waals surface area contributed by atoms with Crippen LogP contribution >= 0.6 is 11.6 Å². The van der Waals surface area contributed by atoms with Crippen LogP contribution in [0.4, 0.5) is 20.3 Å². The summed E-state index contributed by atoms with van der Waals surface area (Å²) in [7, 11) is 0. The predicted octanol–water partition coefficient (Wildman–Crippen LogP) is 5.64. The Morgan fingerprint density at radius 2 is 1.74 bits per heavy atom. The van der Waals surface area contributed by atoms with Crippen molar-refractivity contribution in [2.75, 3.05) is 23.3 Å². The largest absolute Gasteiger partial charge is 0.355 e. The Kier molecular flexibility index (Phi) is 6.13. The fourth-order valence-electron chi connectivity index (χ4n) is 4.07. The zero-order chi connectivity index (χ0) is 24.5. The van der Waals surface area contributed by atoms with Crippen molar-refractivity contribution in [3.05, 3.63) is 94.1 Å². The van der Waals surface area contributed by atoms with E-state index in [2.05, 4.69) is 20.2 Å². The maximum Gasteiger partial charge on any atom is 0.255 e. The molecule has 1 aliphatic heterocycles. The van der Waals surface area contributed by atoms with Crippen LogP contribution < -0.4 is 10.2 Å². The van der Waals surface area contributed by atoms with Gasteiger partial charge in [-0.1, -0.05) is 17.7 Å². The summed E-state index contributed by atoms with van der Waals surface area (Å²) in [5.41, 5.74) is 0.670. The number of hydrogen-bond acceptors (Lipinski definition) is 5. The Bertz CT molecular complexity index is 1470. The molecule has 0 unspecified atom stereocenters. The lowest BCUT2D eigenvalue weighted by Gasteiger charge is -2.16. The molecule has 3 aromatic carbocycles. The maximum absolute atomic E-state index is 15.4. The molecule has 0 aliphatic carbocycles. The molecule has 1 aliphatic rings. The highest BCUT2D eigenvalue weighted by atomic mass is 35.5. The molecule has 35 heavy (non-hydrogen) atoms. The van der Waals surface area contributed by atoms with Gasteiger partial charge in [0.1, 0.15) is 11.6 Å². The summed E-state index contributed by atoms with van der Waals surface area (Å²) in [6.45, 7) is 1.79. The van der Waals surface area contributed by atoms with Crippen LogP contribution in [-0.2, 0) is 0 Å². The number of nitrogens with zero attached hydrogens (tertiary/aromatic N) is 3. The van der Waals surface area contributed by atoms with Crippen molar-refractivity contribution in [2.24, 2.45) is 0 Å². The number of nitrogens with one attached hydrogen (secondary N) is 1. The molecule has 1 aromatic heterocycles. The second-order valence-corrected chi connectivity index (χ2v) is 8.61. The van der Waals surface area contributed by atoms with Crippen LogP contribution in [0.5, 0.6) is 0 Å². The van der Waals surface area contributed by atoms with Crippen molar-refractivity contribution in [1.29, 1.82) is 0 Å². The SMILES string of the molecule is O=C(Nc1ccc(Cl)c(C(=O)c2ccc3ncc(N4CCCC4)nc3c2)c1F)c1cccc(F)c1. The van der Waals surface area contributed by atoms with Crippen LogP contribution in [-0.4, -0.2) is 34.7 Å². The fourth-order valence-corrected chi connectivity index (χ4v) is 4.30. The van der Waals surface area contributed by atoms with Crippen LogP contribution in [0, 0.1) is 11.6 Å². The Labute approximate surface area is 204 Å². The van der Waals surface area contributed by atoms with Crippen molar-refractivity contribution in [1.82, 2.24) is 9.97 Å². The van der Waals surface area contributed by atoms with Gasteiger partial charge in [0.05, 0.1) is 33.5 Å². The van der Waals surface area contributed by atoms with Gasteiger partial charge in [-0.25, -0.2) is 13.8 Å². The quantitative estimate of drug-likeness (QED) is 0.365. The summed E-state index contributed by atoms with van der Waals surface area (Å²) in [5.74, 6) is -2.24.